The highest BCUT2D eigenvalue weighted by Crippen LogP contribution is 2.28. The zero-order valence-electron chi connectivity index (χ0n) is 14.9. The van der Waals surface area contributed by atoms with Crippen LogP contribution in [-0.4, -0.2) is 38.7 Å². The van der Waals surface area contributed by atoms with E-state index in [1.165, 1.54) is 0 Å². The molecule has 2 rings (SSSR count). The molecule has 2 aromatic carbocycles. The highest BCUT2D eigenvalue weighted by atomic mass is 32.1. The number of hydrogen-bond donors (Lipinski definition) is 2. The Morgan fingerprint density at radius 2 is 1.92 bits per heavy atom. The van der Waals surface area contributed by atoms with Crippen molar-refractivity contribution in [2.45, 2.75) is 6.61 Å². The summed E-state index contributed by atoms with van der Waals surface area (Å²) in [5.74, 6) is 1.32. The van der Waals surface area contributed by atoms with E-state index in [0.29, 0.717) is 36.4 Å². The SMILES string of the molecule is COCCNC(=S)N/N=C\c1ccc(OC)c(OCc2ccccc2)c1. The number of thiocarbonyl (C=S) groups is 1. The molecule has 138 valence electrons. The summed E-state index contributed by atoms with van der Waals surface area (Å²) >= 11 is 5.11. The molecule has 0 fully saturated rings. The van der Waals surface area contributed by atoms with Crippen LogP contribution < -0.4 is 20.2 Å². The maximum absolute atomic E-state index is 5.89. The molecule has 0 saturated heterocycles. The van der Waals surface area contributed by atoms with Crippen LogP contribution in [0.4, 0.5) is 0 Å². The van der Waals surface area contributed by atoms with Gasteiger partial charge in [0.1, 0.15) is 6.61 Å². The molecule has 0 bridgehead atoms. The minimum Gasteiger partial charge on any atom is -0.493 e. The van der Waals surface area contributed by atoms with E-state index in [0.717, 1.165) is 11.1 Å². The number of rotatable bonds is 9. The summed E-state index contributed by atoms with van der Waals surface area (Å²) in [5.41, 5.74) is 4.71. The minimum atomic E-state index is 0.437. The summed E-state index contributed by atoms with van der Waals surface area (Å²) < 4.78 is 16.2. The van der Waals surface area contributed by atoms with E-state index in [4.69, 9.17) is 26.4 Å². The van der Waals surface area contributed by atoms with Crippen molar-refractivity contribution < 1.29 is 14.2 Å². The molecule has 0 spiro atoms. The molecule has 2 aromatic rings. The summed E-state index contributed by atoms with van der Waals surface area (Å²) in [5, 5.41) is 7.53. The monoisotopic (exact) mass is 373 g/mol. The van der Waals surface area contributed by atoms with Gasteiger partial charge in [-0.25, -0.2) is 0 Å². The Morgan fingerprint density at radius 1 is 1.12 bits per heavy atom. The van der Waals surface area contributed by atoms with E-state index >= 15 is 0 Å². The second kappa shape index (κ2) is 11.1. The van der Waals surface area contributed by atoms with Crippen molar-refractivity contribution in [3.05, 3.63) is 59.7 Å². The van der Waals surface area contributed by atoms with E-state index in [9.17, 15) is 0 Å². The molecule has 0 heterocycles. The van der Waals surface area contributed by atoms with Gasteiger partial charge in [0.15, 0.2) is 16.6 Å². The van der Waals surface area contributed by atoms with Crippen LogP contribution in [0.2, 0.25) is 0 Å². The van der Waals surface area contributed by atoms with Crippen molar-refractivity contribution in [3.8, 4) is 11.5 Å². The molecule has 0 aromatic heterocycles. The van der Waals surface area contributed by atoms with Gasteiger partial charge in [-0.1, -0.05) is 30.3 Å². The van der Waals surface area contributed by atoms with Gasteiger partial charge < -0.3 is 19.5 Å². The van der Waals surface area contributed by atoms with Crippen molar-refractivity contribution in [2.24, 2.45) is 5.10 Å². The summed E-state index contributed by atoms with van der Waals surface area (Å²) in [6.07, 6.45) is 1.67. The number of methoxy groups -OCH3 is 2. The predicted octanol–water partition coefficient (Wildman–Crippen LogP) is 2.72. The summed E-state index contributed by atoms with van der Waals surface area (Å²) in [4.78, 5) is 0. The first-order valence-electron chi connectivity index (χ1n) is 8.13. The highest BCUT2D eigenvalue weighted by Gasteiger charge is 2.05. The third-order valence-corrected chi connectivity index (χ3v) is 3.63. The van der Waals surface area contributed by atoms with E-state index in [1.807, 2.05) is 48.5 Å². The van der Waals surface area contributed by atoms with E-state index in [1.54, 1.807) is 20.4 Å². The predicted molar refractivity (Wildman–Crippen MR) is 107 cm³/mol. The number of nitrogens with one attached hydrogen (secondary N) is 2. The number of benzene rings is 2. The van der Waals surface area contributed by atoms with Crippen LogP contribution in [0.25, 0.3) is 0 Å². The van der Waals surface area contributed by atoms with Gasteiger partial charge in [0.05, 0.1) is 19.9 Å². The van der Waals surface area contributed by atoms with Crippen molar-refractivity contribution >= 4 is 23.5 Å². The van der Waals surface area contributed by atoms with Gasteiger partial charge in [0.2, 0.25) is 0 Å². The first kappa shape index (κ1) is 19.7. The van der Waals surface area contributed by atoms with Crippen molar-refractivity contribution in [2.75, 3.05) is 27.4 Å². The number of nitrogens with zero attached hydrogens (tertiary/aromatic N) is 1. The molecule has 0 aliphatic carbocycles. The molecule has 26 heavy (non-hydrogen) atoms. The fourth-order valence-electron chi connectivity index (χ4n) is 2.09. The second-order valence-electron chi connectivity index (χ2n) is 5.30. The smallest absolute Gasteiger partial charge is 0.187 e. The molecule has 6 nitrogen and oxygen atoms in total. The Labute approximate surface area is 159 Å². The molecule has 7 heteroatoms. The Hall–Kier alpha value is -2.64. The third kappa shape index (κ3) is 6.70. The first-order chi connectivity index (χ1) is 12.7. The number of hydrogen-bond acceptors (Lipinski definition) is 5. The van der Waals surface area contributed by atoms with Gasteiger partial charge in [-0.3, -0.25) is 5.43 Å². The molecular formula is C19H23N3O3S. The minimum absolute atomic E-state index is 0.437. The van der Waals surface area contributed by atoms with E-state index in [2.05, 4.69) is 15.8 Å². The molecule has 0 radical (unpaired) electrons. The molecule has 2 N–H and O–H groups in total. The van der Waals surface area contributed by atoms with Crippen LogP contribution in [0.5, 0.6) is 11.5 Å². The van der Waals surface area contributed by atoms with Crippen LogP contribution in [0, 0.1) is 0 Å². The van der Waals surface area contributed by atoms with Gasteiger partial charge >= 0.3 is 0 Å². The van der Waals surface area contributed by atoms with Crippen molar-refractivity contribution in [1.29, 1.82) is 0 Å². The van der Waals surface area contributed by atoms with Crippen LogP contribution in [0.15, 0.2) is 53.6 Å². The van der Waals surface area contributed by atoms with Crippen molar-refractivity contribution in [1.82, 2.24) is 10.7 Å². The quantitative estimate of drug-likeness (QED) is 0.305. The number of ether oxygens (including phenoxy) is 3. The van der Waals surface area contributed by atoms with Crippen molar-refractivity contribution in [3.63, 3.8) is 0 Å². The first-order valence-corrected chi connectivity index (χ1v) is 8.54. The lowest BCUT2D eigenvalue weighted by atomic mass is 10.2. The Morgan fingerprint density at radius 3 is 2.65 bits per heavy atom. The molecule has 0 aliphatic rings. The maximum atomic E-state index is 5.89. The Kier molecular flexibility index (Phi) is 8.38. The van der Waals surface area contributed by atoms with Crippen LogP contribution in [0.1, 0.15) is 11.1 Å². The third-order valence-electron chi connectivity index (χ3n) is 3.40. The zero-order valence-corrected chi connectivity index (χ0v) is 15.7. The van der Waals surface area contributed by atoms with Crippen LogP contribution in [0.3, 0.4) is 0 Å². The standard InChI is InChI=1S/C19H23N3O3S/c1-23-11-10-20-19(26)22-21-13-16-8-9-17(24-2)18(12-16)25-14-15-6-4-3-5-7-15/h3-9,12-13H,10-11,14H2,1-2H3,(H2,20,22,26)/b21-13-. The Bertz CT molecular complexity index is 723. The average molecular weight is 373 g/mol. The summed E-state index contributed by atoms with van der Waals surface area (Å²) in [6.45, 7) is 1.66. The summed E-state index contributed by atoms with van der Waals surface area (Å²) in [7, 11) is 3.25. The van der Waals surface area contributed by atoms with E-state index in [-0.39, 0.29) is 0 Å². The zero-order chi connectivity index (χ0) is 18.6. The molecule has 0 aliphatic heterocycles. The molecule has 0 saturated carbocycles. The Balaban J connectivity index is 1.95. The van der Waals surface area contributed by atoms with Gasteiger partial charge in [-0.2, -0.15) is 5.10 Å². The molecule has 0 atom stereocenters. The second-order valence-corrected chi connectivity index (χ2v) is 5.71. The lowest BCUT2D eigenvalue weighted by Gasteiger charge is -2.11. The molecular weight excluding hydrogens is 350 g/mol. The van der Waals surface area contributed by atoms with Gasteiger partial charge in [0.25, 0.3) is 0 Å². The van der Waals surface area contributed by atoms with Gasteiger partial charge in [0, 0.05) is 13.7 Å². The van der Waals surface area contributed by atoms with Gasteiger partial charge in [-0.05, 0) is 41.5 Å². The molecule has 0 amide bonds. The lowest BCUT2D eigenvalue weighted by molar-refractivity contribution is 0.204. The largest absolute Gasteiger partial charge is 0.493 e. The number of hydrazone groups is 1. The van der Waals surface area contributed by atoms with Crippen LogP contribution >= 0.6 is 12.2 Å². The average Bonchev–Trinajstić information content (AvgIpc) is 2.67. The van der Waals surface area contributed by atoms with Gasteiger partial charge in [-0.15, -0.1) is 0 Å². The summed E-state index contributed by atoms with van der Waals surface area (Å²) in [6, 6.07) is 15.6. The lowest BCUT2D eigenvalue weighted by Crippen LogP contribution is -2.34. The van der Waals surface area contributed by atoms with E-state index < -0.39 is 0 Å². The fourth-order valence-corrected chi connectivity index (χ4v) is 2.25. The maximum Gasteiger partial charge on any atom is 0.187 e. The fraction of sp³-hybridized carbons (Fsp3) is 0.263. The highest BCUT2D eigenvalue weighted by molar-refractivity contribution is 7.80. The topological polar surface area (TPSA) is 64.1 Å². The van der Waals surface area contributed by atoms with Crippen LogP contribution in [-0.2, 0) is 11.3 Å². The normalized spacial score (nSPS) is 10.5. The molecule has 0 unspecified atom stereocenters.